The molecule has 0 spiro atoms. The second-order valence-corrected chi connectivity index (χ2v) is 8.71. The van der Waals surface area contributed by atoms with Gasteiger partial charge in [0.05, 0.1) is 22.7 Å². The maximum atomic E-state index is 12.4. The van der Waals surface area contributed by atoms with Gasteiger partial charge in [-0.05, 0) is 38.5 Å². The summed E-state index contributed by atoms with van der Waals surface area (Å²) < 4.78 is 5.13. The second kappa shape index (κ2) is 9.88. The minimum atomic E-state index is -0.516. The van der Waals surface area contributed by atoms with Gasteiger partial charge in [-0.1, -0.05) is 23.7 Å². The molecule has 0 bridgehead atoms. The molecule has 1 N–H and O–H groups in total. The van der Waals surface area contributed by atoms with Crippen LogP contribution >= 0.6 is 34.3 Å². The molecule has 0 aliphatic rings. The van der Waals surface area contributed by atoms with Crippen LogP contribution in [0.1, 0.15) is 44.4 Å². The Hall–Kier alpha value is -2.99. The number of ketones is 1. The van der Waals surface area contributed by atoms with Crippen LogP contribution in [-0.2, 0) is 4.74 Å². The molecule has 3 aromatic rings. The molecule has 0 fully saturated rings. The molecule has 0 saturated heterocycles. The molecule has 158 valence electrons. The quantitative estimate of drug-likeness (QED) is 0.251. The summed E-state index contributed by atoms with van der Waals surface area (Å²) in [5, 5.41) is 16.1. The largest absolute Gasteiger partial charge is 0.462 e. The van der Waals surface area contributed by atoms with E-state index in [9.17, 15) is 14.9 Å². The number of Topliss-reactive ketones (excluding diaryl/α,β-unsaturated/α-hetero) is 1. The zero-order valence-corrected chi connectivity index (χ0v) is 19.4. The number of benzene rings is 1. The van der Waals surface area contributed by atoms with Gasteiger partial charge < -0.3 is 10.1 Å². The number of anilines is 1. The Morgan fingerprint density at radius 3 is 2.65 bits per heavy atom. The number of ether oxygens (including phenoxy) is 1. The highest BCUT2D eigenvalue weighted by Crippen LogP contribution is 2.35. The summed E-state index contributed by atoms with van der Waals surface area (Å²) >= 11 is 8.42. The van der Waals surface area contributed by atoms with Gasteiger partial charge in [0.1, 0.15) is 21.7 Å². The van der Waals surface area contributed by atoms with E-state index in [1.54, 1.807) is 26.0 Å². The van der Waals surface area contributed by atoms with E-state index >= 15 is 0 Å². The van der Waals surface area contributed by atoms with Crippen molar-refractivity contribution in [1.82, 2.24) is 4.98 Å². The summed E-state index contributed by atoms with van der Waals surface area (Å²) in [5.41, 5.74) is 2.78. The van der Waals surface area contributed by atoms with Crippen LogP contribution < -0.4 is 5.32 Å². The van der Waals surface area contributed by atoms with Crippen molar-refractivity contribution in [3.8, 4) is 17.3 Å². The van der Waals surface area contributed by atoms with Crippen molar-refractivity contribution in [2.24, 2.45) is 0 Å². The lowest BCUT2D eigenvalue weighted by Crippen LogP contribution is -2.08. The lowest BCUT2D eigenvalue weighted by atomic mass is 10.1. The van der Waals surface area contributed by atoms with Crippen molar-refractivity contribution in [3.05, 3.63) is 61.9 Å². The van der Waals surface area contributed by atoms with E-state index in [-0.39, 0.29) is 12.4 Å². The fourth-order valence-corrected chi connectivity index (χ4v) is 4.81. The molecule has 2 aromatic heterocycles. The number of carbonyl (C=O) groups is 2. The third-order valence-corrected chi connectivity index (χ3v) is 6.74. The van der Waals surface area contributed by atoms with Gasteiger partial charge in [-0.2, -0.15) is 5.26 Å². The molecule has 0 amide bonds. The maximum Gasteiger partial charge on any atom is 0.341 e. The maximum absolute atomic E-state index is 12.4. The zero-order valence-electron chi connectivity index (χ0n) is 17.0. The molecule has 9 heteroatoms. The number of nitrogens with zero attached hydrogens (tertiary/aromatic N) is 2. The molecule has 0 aliphatic heterocycles. The number of thiophene rings is 1. The van der Waals surface area contributed by atoms with Crippen molar-refractivity contribution >= 4 is 56.6 Å². The van der Waals surface area contributed by atoms with E-state index in [1.807, 2.05) is 17.5 Å². The average Bonchev–Trinajstić information content (AvgIpc) is 3.34. The number of halogens is 1. The molecular formula is C22H18ClN3O3S2. The fourth-order valence-electron chi connectivity index (χ4n) is 2.83. The topological polar surface area (TPSA) is 92.1 Å². The third-order valence-electron chi connectivity index (χ3n) is 4.29. The first kappa shape index (κ1) is 22.7. The van der Waals surface area contributed by atoms with Crippen molar-refractivity contribution in [2.75, 3.05) is 11.9 Å². The van der Waals surface area contributed by atoms with Crippen LogP contribution in [0.5, 0.6) is 0 Å². The van der Waals surface area contributed by atoms with Crippen LogP contribution in [0, 0.1) is 18.3 Å². The van der Waals surface area contributed by atoms with Gasteiger partial charge >= 0.3 is 5.97 Å². The first-order chi connectivity index (χ1) is 14.8. The summed E-state index contributed by atoms with van der Waals surface area (Å²) in [6.45, 7) is 5.09. The van der Waals surface area contributed by atoms with Crippen LogP contribution in [-0.4, -0.2) is 23.3 Å². The predicted molar refractivity (Wildman–Crippen MR) is 125 cm³/mol. The van der Waals surface area contributed by atoms with E-state index in [0.29, 0.717) is 36.6 Å². The number of nitriles is 1. The van der Waals surface area contributed by atoms with Crippen molar-refractivity contribution < 1.29 is 14.3 Å². The van der Waals surface area contributed by atoms with Gasteiger partial charge in [-0.3, -0.25) is 4.79 Å². The van der Waals surface area contributed by atoms with Gasteiger partial charge in [0, 0.05) is 22.2 Å². The summed E-state index contributed by atoms with van der Waals surface area (Å²) in [5.74, 6) is -0.657. The number of rotatable bonds is 7. The summed E-state index contributed by atoms with van der Waals surface area (Å²) in [6, 6.07) is 9.40. The number of hydrogen-bond donors (Lipinski definition) is 1. The number of carbonyl (C=O) groups excluding carboxylic acids is 2. The molecule has 0 aliphatic carbocycles. The Bertz CT molecular complexity index is 1200. The first-order valence-electron chi connectivity index (χ1n) is 9.25. The Kier molecular flexibility index (Phi) is 7.23. The molecule has 31 heavy (non-hydrogen) atoms. The van der Waals surface area contributed by atoms with Crippen LogP contribution in [0.15, 0.2) is 35.8 Å². The monoisotopic (exact) mass is 471 g/mol. The Balaban J connectivity index is 1.92. The molecule has 0 atom stereocenters. The fraction of sp³-hybridized carbons (Fsp3) is 0.182. The summed E-state index contributed by atoms with van der Waals surface area (Å²) in [7, 11) is 0. The molecule has 3 rings (SSSR count). The van der Waals surface area contributed by atoms with Gasteiger partial charge in [0.2, 0.25) is 0 Å². The van der Waals surface area contributed by atoms with Crippen LogP contribution in [0.4, 0.5) is 5.00 Å². The lowest BCUT2D eigenvalue weighted by Gasteiger charge is -2.05. The number of thiazole rings is 1. The number of allylic oxidation sites excluding steroid dienone is 1. The number of nitrogens with one attached hydrogen (secondary N) is 1. The molecule has 0 radical (unpaired) electrons. The molecule has 2 heterocycles. The zero-order chi connectivity index (χ0) is 22.5. The Labute approximate surface area is 192 Å². The summed E-state index contributed by atoms with van der Waals surface area (Å²) in [6.07, 6.45) is 1.49. The van der Waals surface area contributed by atoms with Crippen LogP contribution in [0.2, 0.25) is 5.02 Å². The average molecular weight is 472 g/mol. The molecule has 6 nitrogen and oxygen atoms in total. The highest BCUT2D eigenvalue weighted by Gasteiger charge is 2.24. The van der Waals surface area contributed by atoms with Crippen molar-refractivity contribution in [2.45, 2.75) is 20.8 Å². The van der Waals surface area contributed by atoms with Crippen molar-refractivity contribution in [3.63, 3.8) is 0 Å². The van der Waals surface area contributed by atoms with Crippen LogP contribution in [0.25, 0.3) is 16.8 Å². The van der Waals surface area contributed by atoms with E-state index in [4.69, 9.17) is 16.3 Å². The van der Waals surface area contributed by atoms with Gasteiger partial charge in [0.15, 0.2) is 5.78 Å². The Morgan fingerprint density at radius 2 is 2.03 bits per heavy atom. The van der Waals surface area contributed by atoms with Crippen molar-refractivity contribution in [1.29, 1.82) is 5.26 Å². The third kappa shape index (κ3) is 5.02. The van der Waals surface area contributed by atoms with Crippen LogP contribution in [0.3, 0.4) is 0 Å². The predicted octanol–water partition coefficient (Wildman–Crippen LogP) is 6.19. The number of aromatic nitrogens is 1. The van der Waals surface area contributed by atoms with E-state index in [1.165, 1.54) is 24.5 Å². The molecule has 0 unspecified atom stereocenters. The normalized spacial score (nSPS) is 11.1. The standard InChI is InChI=1S/C22H18ClN3O3S2/c1-4-29-22(28)18-12(2)19(13(3)27)31-21(18)25-10-15(9-24)20-26-17(11-30-20)14-5-7-16(23)8-6-14/h5-8,10-11,25H,4H2,1-3H3. The van der Waals surface area contributed by atoms with E-state index in [2.05, 4.69) is 16.4 Å². The first-order valence-corrected chi connectivity index (χ1v) is 11.3. The Morgan fingerprint density at radius 1 is 1.32 bits per heavy atom. The highest BCUT2D eigenvalue weighted by molar-refractivity contribution is 7.18. The minimum absolute atomic E-state index is 0.141. The van der Waals surface area contributed by atoms with Gasteiger partial charge in [-0.25, -0.2) is 9.78 Å². The number of hydrogen-bond acceptors (Lipinski definition) is 8. The van der Waals surface area contributed by atoms with Gasteiger partial charge in [-0.15, -0.1) is 22.7 Å². The molecule has 0 saturated carbocycles. The minimum Gasteiger partial charge on any atom is -0.462 e. The SMILES string of the molecule is CCOC(=O)c1c(NC=C(C#N)c2nc(-c3ccc(Cl)cc3)cs2)sc(C(C)=O)c1C. The van der Waals surface area contributed by atoms with Gasteiger partial charge in [0.25, 0.3) is 0 Å². The summed E-state index contributed by atoms with van der Waals surface area (Å²) in [4.78, 5) is 29.4. The van der Waals surface area contributed by atoms with E-state index < -0.39 is 5.97 Å². The van der Waals surface area contributed by atoms with E-state index in [0.717, 1.165) is 22.6 Å². The highest BCUT2D eigenvalue weighted by atomic mass is 35.5. The number of esters is 1. The lowest BCUT2D eigenvalue weighted by molar-refractivity contribution is 0.0527. The molecular weight excluding hydrogens is 454 g/mol. The smallest absolute Gasteiger partial charge is 0.341 e. The second-order valence-electron chi connectivity index (χ2n) is 6.40. The molecule has 1 aromatic carbocycles.